The van der Waals surface area contributed by atoms with Crippen molar-refractivity contribution in [3.05, 3.63) is 35.9 Å². The zero-order chi connectivity index (χ0) is 15.9. The van der Waals surface area contributed by atoms with Crippen molar-refractivity contribution in [2.75, 3.05) is 19.6 Å². The van der Waals surface area contributed by atoms with Crippen LogP contribution in [0.5, 0.6) is 0 Å². The number of amides is 2. The molecule has 0 aliphatic heterocycles. The van der Waals surface area contributed by atoms with Gasteiger partial charge in [0.05, 0.1) is 6.54 Å². The van der Waals surface area contributed by atoms with Gasteiger partial charge in [-0.2, -0.15) is 0 Å². The molecular weight excluding hydrogens is 278 g/mol. The Bertz CT molecular complexity index is 500. The first-order valence-corrected chi connectivity index (χ1v) is 8.01. The molecule has 0 unspecified atom stereocenters. The van der Waals surface area contributed by atoms with Gasteiger partial charge in [0.1, 0.15) is 6.04 Å². The minimum Gasteiger partial charge on any atom is -0.355 e. The zero-order valence-corrected chi connectivity index (χ0v) is 13.3. The molecule has 22 heavy (non-hydrogen) atoms. The van der Waals surface area contributed by atoms with Gasteiger partial charge in [0.15, 0.2) is 0 Å². The molecule has 0 spiro atoms. The third-order valence-electron chi connectivity index (χ3n) is 3.78. The molecule has 1 aromatic carbocycles. The Morgan fingerprint density at radius 2 is 1.91 bits per heavy atom. The van der Waals surface area contributed by atoms with Gasteiger partial charge in [-0.25, -0.2) is 0 Å². The molecule has 2 rings (SSSR count). The van der Waals surface area contributed by atoms with Crippen molar-refractivity contribution >= 4 is 11.8 Å². The van der Waals surface area contributed by atoms with E-state index in [4.69, 9.17) is 0 Å². The summed E-state index contributed by atoms with van der Waals surface area (Å²) < 4.78 is 0. The predicted molar refractivity (Wildman–Crippen MR) is 86.3 cm³/mol. The van der Waals surface area contributed by atoms with Crippen molar-refractivity contribution in [2.45, 2.75) is 38.8 Å². The van der Waals surface area contributed by atoms with E-state index in [-0.39, 0.29) is 18.4 Å². The number of carbonyl (C=O) groups is 2. The van der Waals surface area contributed by atoms with E-state index in [1.54, 1.807) is 0 Å². The highest BCUT2D eigenvalue weighted by Gasteiger charge is 2.32. The molecule has 1 aliphatic rings. The van der Waals surface area contributed by atoms with Crippen molar-refractivity contribution in [1.29, 1.82) is 0 Å². The van der Waals surface area contributed by atoms with Gasteiger partial charge in [-0.3, -0.25) is 14.5 Å². The SMILES string of the molecule is CCNC(=O)CN(CC)[C@H](C(=O)NC1CC1)c1ccccc1. The van der Waals surface area contributed by atoms with Crippen LogP contribution >= 0.6 is 0 Å². The summed E-state index contributed by atoms with van der Waals surface area (Å²) in [6.45, 7) is 5.32. The van der Waals surface area contributed by atoms with Gasteiger partial charge in [0.25, 0.3) is 0 Å². The monoisotopic (exact) mass is 303 g/mol. The predicted octanol–water partition coefficient (Wildman–Crippen LogP) is 1.46. The zero-order valence-electron chi connectivity index (χ0n) is 13.3. The highest BCUT2D eigenvalue weighted by atomic mass is 16.2. The van der Waals surface area contributed by atoms with E-state index in [0.29, 0.717) is 19.1 Å². The van der Waals surface area contributed by atoms with E-state index >= 15 is 0 Å². The molecule has 2 amide bonds. The molecule has 1 atom stereocenters. The van der Waals surface area contributed by atoms with Crippen LogP contribution in [-0.4, -0.2) is 42.4 Å². The van der Waals surface area contributed by atoms with Crippen molar-refractivity contribution in [3.63, 3.8) is 0 Å². The minimum atomic E-state index is -0.422. The maximum Gasteiger partial charge on any atom is 0.242 e. The first-order chi connectivity index (χ1) is 10.7. The summed E-state index contributed by atoms with van der Waals surface area (Å²) in [7, 11) is 0. The van der Waals surface area contributed by atoms with Crippen LogP contribution in [0.1, 0.15) is 38.3 Å². The van der Waals surface area contributed by atoms with E-state index in [1.165, 1.54) is 0 Å². The lowest BCUT2D eigenvalue weighted by molar-refractivity contribution is -0.129. The Labute approximate surface area is 132 Å². The fourth-order valence-electron chi connectivity index (χ4n) is 2.49. The molecule has 5 heteroatoms. The molecule has 2 N–H and O–H groups in total. The molecule has 1 fully saturated rings. The molecule has 0 saturated heterocycles. The summed E-state index contributed by atoms with van der Waals surface area (Å²) >= 11 is 0. The quantitative estimate of drug-likeness (QED) is 0.764. The smallest absolute Gasteiger partial charge is 0.242 e. The summed E-state index contributed by atoms with van der Waals surface area (Å²) in [6.07, 6.45) is 2.10. The lowest BCUT2D eigenvalue weighted by atomic mass is 10.0. The average molecular weight is 303 g/mol. The number of likely N-dealkylation sites (N-methyl/N-ethyl adjacent to an activating group) is 2. The van der Waals surface area contributed by atoms with Gasteiger partial charge in [0, 0.05) is 12.6 Å². The summed E-state index contributed by atoms with van der Waals surface area (Å²) in [6, 6.07) is 9.55. The van der Waals surface area contributed by atoms with Crippen LogP contribution in [0, 0.1) is 0 Å². The number of nitrogens with zero attached hydrogens (tertiary/aromatic N) is 1. The Morgan fingerprint density at radius 1 is 1.23 bits per heavy atom. The Balaban J connectivity index is 2.16. The molecule has 0 heterocycles. The Morgan fingerprint density at radius 3 is 2.45 bits per heavy atom. The fraction of sp³-hybridized carbons (Fsp3) is 0.529. The number of rotatable bonds is 8. The van der Waals surface area contributed by atoms with Crippen molar-refractivity contribution in [3.8, 4) is 0 Å². The largest absolute Gasteiger partial charge is 0.355 e. The first kappa shape index (κ1) is 16.5. The maximum absolute atomic E-state index is 12.6. The molecule has 120 valence electrons. The number of hydrogen-bond donors (Lipinski definition) is 2. The van der Waals surface area contributed by atoms with Crippen LogP contribution in [0.25, 0.3) is 0 Å². The van der Waals surface area contributed by atoms with Gasteiger partial charge < -0.3 is 10.6 Å². The molecule has 0 radical (unpaired) electrons. The molecular formula is C17H25N3O2. The lowest BCUT2D eigenvalue weighted by Crippen LogP contribution is -2.45. The van der Waals surface area contributed by atoms with Gasteiger partial charge in [-0.15, -0.1) is 0 Å². The maximum atomic E-state index is 12.6. The van der Waals surface area contributed by atoms with Crippen molar-refractivity contribution in [1.82, 2.24) is 15.5 Å². The summed E-state index contributed by atoms with van der Waals surface area (Å²) in [5.41, 5.74) is 0.923. The number of carbonyl (C=O) groups excluding carboxylic acids is 2. The van der Waals surface area contributed by atoms with Gasteiger partial charge in [0.2, 0.25) is 11.8 Å². The van der Waals surface area contributed by atoms with Crippen molar-refractivity contribution in [2.24, 2.45) is 0 Å². The number of nitrogens with one attached hydrogen (secondary N) is 2. The average Bonchev–Trinajstić information content (AvgIpc) is 3.31. The van der Waals surface area contributed by atoms with Crippen LogP contribution in [0.4, 0.5) is 0 Å². The van der Waals surface area contributed by atoms with E-state index < -0.39 is 6.04 Å². The second-order valence-corrected chi connectivity index (χ2v) is 5.61. The fourth-order valence-corrected chi connectivity index (χ4v) is 2.49. The molecule has 0 bridgehead atoms. The summed E-state index contributed by atoms with van der Waals surface area (Å²) in [5.74, 6) is -0.0654. The number of hydrogen-bond acceptors (Lipinski definition) is 3. The normalized spacial score (nSPS) is 15.4. The van der Waals surface area contributed by atoms with Crippen LogP contribution in [0.2, 0.25) is 0 Å². The molecule has 1 aliphatic carbocycles. The minimum absolute atomic E-state index is 0.0140. The van der Waals surface area contributed by atoms with E-state index in [9.17, 15) is 9.59 Å². The molecule has 5 nitrogen and oxygen atoms in total. The van der Waals surface area contributed by atoms with E-state index in [2.05, 4.69) is 10.6 Å². The third-order valence-corrected chi connectivity index (χ3v) is 3.78. The first-order valence-electron chi connectivity index (χ1n) is 8.01. The second kappa shape index (κ2) is 7.94. The second-order valence-electron chi connectivity index (χ2n) is 5.61. The highest BCUT2D eigenvalue weighted by Crippen LogP contribution is 2.24. The molecule has 0 aromatic heterocycles. The number of benzene rings is 1. The van der Waals surface area contributed by atoms with Crippen LogP contribution in [-0.2, 0) is 9.59 Å². The molecule has 1 aromatic rings. The van der Waals surface area contributed by atoms with E-state index in [1.807, 2.05) is 49.1 Å². The van der Waals surface area contributed by atoms with Crippen LogP contribution in [0.3, 0.4) is 0 Å². The Kier molecular flexibility index (Phi) is 5.95. The van der Waals surface area contributed by atoms with Gasteiger partial charge in [-0.05, 0) is 31.9 Å². The third kappa shape index (κ3) is 4.56. The van der Waals surface area contributed by atoms with Gasteiger partial charge in [-0.1, -0.05) is 37.3 Å². The molecule has 1 saturated carbocycles. The highest BCUT2D eigenvalue weighted by molar-refractivity contribution is 5.85. The Hall–Kier alpha value is -1.88. The summed E-state index contributed by atoms with van der Waals surface area (Å²) in [5, 5.41) is 5.86. The lowest BCUT2D eigenvalue weighted by Gasteiger charge is -2.29. The standard InChI is InChI=1S/C17H25N3O2/c1-3-18-15(21)12-20(4-2)16(13-8-6-5-7-9-13)17(22)19-14-10-11-14/h5-9,14,16H,3-4,10-12H2,1-2H3,(H,18,21)(H,19,22)/t16-/m0/s1. The van der Waals surface area contributed by atoms with Crippen molar-refractivity contribution < 1.29 is 9.59 Å². The summed E-state index contributed by atoms with van der Waals surface area (Å²) in [4.78, 5) is 26.5. The van der Waals surface area contributed by atoms with Crippen LogP contribution in [0.15, 0.2) is 30.3 Å². The van der Waals surface area contributed by atoms with Crippen LogP contribution < -0.4 is 10.6 Å². The topological polar surface area (TPSA) is 61.4 Å². The van der Waals surface area contributed by atoms with Gasteiger partial charge >= 0.3 is 0 Å². The van der Waals surface area contributed by atoms with E-state index in [0.717, 1.165) is 18.4 Å².